The van der Waals surface area contributed by atoms with Crippen LogP contribution in [0.3, 0.4) is 0 Å². The summed E-state index contributed by atoms with van der Waals surface area (Å²) in [6, 6.07) is 23.8. The Morgan fingerprint density at radius 2 is 1.43 bits per heavy atom. The fraction of sp³-hybridized carbons (Fsp3) is 0.217. The quantitative estimate of drug-likeness (QED) is 0.632. The van der Waals surface area contributed by atoms with Gasteiger partial charge in [-0.25, -0.2) is 13.1 Å². The van der Waals surface area contributed by atoms with E-state index in [2.05, 4.69) is 4.72 Å². The molecule has 0 aromatic heterocycles. The first-order valence-electron chi connectivity index (χ1n) is 9.27. The molecular formula is C23H26N2O2S. The molecule has 0 aliphatic heterocycles. The van der Waals surface area contributed by atoms with E-state index < -0.39 is 22.1 Å². The van der Waals surface area contributed by atoms with Crippen molar-refractivity contribution in [1.82, 2.24) is 4.72 Å². The van der Waals surface area contributed by atoms with E-state index in [-0.39, 0.29) is 5.75 Å². The molecule has 3 aromatic carbocycles. The molecular weight excluding hydrogens is 368 g/mol. The molecule has 0 aliphatic rings. The van der Waals surface area contributed by atoms with E-state index in [1.165, 1.54) is 0 Å². The Morgan fingerprint density at radius 3 is 2.04 bits per heavy atom. The number of benzene rings is 3. The molecule has 28 heavy (non-hydrogen) atoms. The topological polar surface area (TPSA) is 72.2 Å². The van der Waals surface area contributed by atoms with Crippen LogP contribution in [0, 0.1) is 13.8 Å². The molecule has 0 heterocycles. The highest BCUT2D eigenvalue weighted by Gasteiger charge is 2.26. The van der Waals surface area contributed by atoms with Crippen LogP contribution >= 0.6 is 0 Å². The van der Waals surface area contributed by atoms with Crippen LogP contribution in [0.4, 0.5) is 0 Å². The summed E-state index contributed by atoms with van der Waals surface area (Å²) in [7, 11) is -3.60. The minimum Gasteiger partial charge on any atom is -0.322 e. The first-order valence-corrected chi connectivity index (χ1v) is 10.9. The summed E-state index contributed by atoms with van der Waals surface area (Å²) in [6.07, 6.45) is 0. The van der Waals surface area contributed by atoms with Crippen LogP contribution in [0.1, 0.15) is 39.9 Å². The smallest absolute Gasteiger partial charge is 0.216 e. The third kappa shape index (κ3) is 5.07. The summed E-state index contributed by atoms with van der Waals surface area (Å²) in [5, 5.41) is 0. The standard InChI is InChI=1S/C23H26N2O2S/c1-17-13-14-18(2)21(15-17)16-28(26,27)25-23(20-11-7-4-8-12-20)22(24)19-9-5-3-6-10-19/h3-15,22-23,25H,16,24H2,1-2H3. The summed E-state index contributed by atoms with van der Waals surface area (Å²) in [5.41, 5.74) is 11.0. The van der Waals surface area contributed by atoms with Gasteiger partial charge in [0.2, 0.25) is 10.0 Å². The Hall–Kier alpha value is -2.47. The van der Waals surface area contributed by atoms with Crippen molar-refractivity contribution in [2.24, 2.45) is 5.73 Å². The van der Waals surface area contributed by atoms with Crippen LogP contribution < -0.4 is 10.5 Å². The monoisotopic (exact) mass is 394 g/mol. The highest BCUT2D eigenvalue weighted by Crippen LogP contribution is 2.28. The molecule has 5 heteroatoms. The molecule has 3 N–H and O–H groups in total. The number of hydrogen-bond donors (Lipinski definition) is 2. The summed E-state index contributed by atoms with van der Waals surface area (Å²) < 4.78 is 28.9. The van der Waals surface area contributed by atoms with Crippen molar-refractivity contribution in [2.45, 2.75) is 31.7 Å². The zero-order chi connectivity index (χ0) is 20.1. The summed E-state index contributed by atoms with van der Waals surface area (Å²) in [5.74, 6) is -0.0780. The lowest BCUT2D eigenvalue weighted by Gasteiger charge is -2.26. The maximum absolute atomic E-state index is 13.0. The van der Waals surface area contributed by atoms with Crippen LogP contribution in [0.15, 0.2) is 78.9 Å². The average Bonchev–Trinajstić information content (AvgIpc) is 2.69. The maximum Gasteiger partial charge on any atom is 0.216 e. The Morgan fingerprint density at radius 1 is 0.857 bits per heavy atom. The fourth-order valence-corrected chi connectivity index (χ4v) is 4.75. The second-order valence-electron chi connectivity index (χ2n) is 7.13. The maximum atomic E-state index is 13.0. The number of sulfonamides is 1. The van der Waals surface area contributed by atoms with Gasteiger partial charge in [0.1, 0.15) is 0 Å². The molecule has 3 rings (SSSR count). The number of rotatable bonds is 7. The second kappa shape index (κ2) is 8.69. The molecule has 3 aromatic rings. The van der Waals surface area contributed by atoms with E-state index in [0.29, 0.717) is 0 Å². The van der Waals surface area contributed by atoms with Gasteiger partial charge in [0.25, 0.3) is 0 Å². The fourth-order valence-electron chi connectivity index (χ4n) is 3.27. The third-order valence-corrected chi connectivity index (χ3v) is 6.16. The number of aryl methyl sites for hydroxylation is 2. The lowest BCUT2D eigenvalue weighted by atomic mass is 9.95. The Labute approximate surface area is 167 Å². The Balaban J connectivity index is 1.91. The molecule has 146 valence electrons. The van der Waals surface area contributed by atoms with Crippen molar-refractivity contribution in [2.75, 3.05) is 0 Å². The van der Waals surface area contributed by atoms with E-state index in [1.54, 1.807) is 0 Å². The van der Waals surface area contributed by atoms with Gasteiger partial charge < -0.3 is 5.73 Å². The molecule has 0 radical (unpaired) electrons. The molecule has 2 atom stereocenters. The van der Waals surface area contributed by atoms with Gasteiger partial charge in [-0.15, -0.1) is 0 Å². The van der Waals surface area contributed by atoms with Gasteiger partial charge in [0.05, 0.1) is 17.8 Å². The number of hydrogen-bond acceptors (Lipinski definition) is 3. The van der Waals surface area contributed by atoms with Crippen molar-refractivity contribution in [3.63, 3.8) is 0 Å². The van der Waals surface area contributed by atoms with Gasteiger partial charge in [-0.3, -0.25) is 0 Å². The molecule has 0 amide bonds. The lowest BCUT2D eigenvalue weighted by molar-refractivity contribution is 0.503. The zero-order valence-electron chi connectivity index (χ0n) is 16.2. The minimum absolute atomic E-state index is 0.0780. The van der Waals surface area contributed by atoms with E-state index in [4.69, 9.17) is 5.73 Å². The van der Waals surface area contributed by atoms with Crippen molar-refractivity contribution < 1.29 is 8.42 Å². The van der Waals surface area contributed by atoms with E-state index >= 15 is 0 Å². The van der Waals surface area contributed by atoms with Gasteiger partial charge in [0.15, 0.2) is 0 Å². The predicted octanol–water partition coefficient (Wildman–Crippen LogP) is 4.16. The van der Waals surface area contributed by atoms with Crippen molar-refractivity contribution in [1.29, 1.82) is 0 Å². The molecule has 0 aliphatic carbocycles. The Kier molecular flexibility index (Phi) is 6.29. The molecule has 0 saturated carbocycles. The van der Waals surface area contributed by atoms with Gasteiger partial charge in [0, 0.05) is 0 Å². The molecule has 2 unspecified atom stereocenters. The molecule has 4 nitrogen and oxygen atoms in total. The van der Waals surface area contributed by atoms with Crippen molar-refractivity contribution >= 4 is 10.0 Å². The van der Waals surface area contributed by atoms with Crippen molar-refractivity contribution in [3.8, 4) is 0 Å². The largest absolute Gasteiger partial charge is 0.322 e. The van der Waals surface area contributed by atoms with Gasteiger partial charge in [-0.05, 0) is 36.1 Å². The second-order valence-corrected chi connectivity index (χ2v) is 8.89. The average molecular weight is 395 g/mol. The molecule has 0 saturated heterocycles. The van der Waals surface area contributed by atoms with Crippen LogP contribution in [0.25, 0.3) is 0 Å². The van der Waals surface area contributed by atoms with Crippen LogP contribution in [-0.2, 0) is 15.8 Å². The highest BCUT2D eigenvalue weighted by molar-refractivity contribution is 7.88. The van der Waals surface area contributed by atoms with Gasteiger partial charge in [-0.2, -0.15) is 0 Å². The van der Waals surface area contributed by atoms with Gasteiger partial charge >= 0.3 is 0 Å². The minimum atomic E-state index is -3.60. The zero-order valence-corrected chi connectivity index (χ0v) is 17.0. The van der Waals surface area contributed by atoms with Crippen LogP contribution in [0.5, 0.6) is 0 Å². The first kappa shape index (κ1) is 20.3. The first-order chi connectivity index (χ1) is 13.4. The molecule has 0 spiro atoms. The summed E-state index contributed by atoms with van der Waals surface area (Å²) in [6.45, 7) is 3.88. The SMILES string of the molecule is Cc1ccc(C)c(CS(=O)(=O)NC(c2ccccc2)C(N)c2ccccc2)c1. The normalized spacial score (nSPS) is 13.8. The number of nitrogens with one attached hydrogen (secondary N) is 1. The third-order valence-electron chi connectivity index (χ3n) is 4.86. The van der Waals surface area contributed by atoms with Crippen molar-refractivity contribution in [3.05, 3.63) is 107 Å². The lowest BCUT2D eigenvalue weighted by Crippen LogP contribution is -2.36. The van der Waals surface area contributed by atoms with E-state index in [1.807, 2.05) is 92.7 Å². The number of nitrogens with two attached hydrogens (primary N) is 1. The molecule has 0 bridgehead atoms. The van der Waals surface area contributed by atoms with E-state index in [9.17, 15) is 8.42 Å². The van der Waals surface area contributed by atoms with Gasteiger partial charge in [-0.1, -0.05) is 84.4 Å². The summed E-state index contributed by atoms with van der Waals surface area (Å²) in [4.78, 5) is 0. The highest BCUT2D eigenvalue weighted by atomic mass is 32.2. The predicted molar refractivity (Wildman–Crippen MR) is 114 cm³/mol. The Bertz CT molecular complexity index is 1020. The molecule has 0 fully saturated rings. The summed E-state index contributed by atoms with van der Waals surface area (Å²) >= 11 is 0. The van der Waals surface area contributed by atoms with Crippen LogP contribution in [-0.4, -0.2) is 8.42 Å². The van der Waals surface area contributed by atoms with E-state index in [0.717, 1.165) is 27.8 Å². The van der Waals surface area contributed by atoms with Crippen LogP contribution in [0.2, 0.25) is 0 Å².